The molecule has 3 rings (SSSR count). The van der Waals surface area contributed by atoms with Crippen LogP contribution < -0.4 is 11.5 Å². The van der Waals surface area contributed by atoms with Crippen molar-refractivity contribution in [3.8, 4) is 10.6 Å². The number of carbonyl (C=O) groups excluding carboxylic acids is 1. The second-order valence-electron chi connectivity index (χ2n) is 4.09. The van der Waals surface area contributed by atoms with Gasteiger partial charge in [0.05, 0.1) is 0 Å². The van der Waals surface area contributed by atoms with Gasteiger partial charge >= 0.3 is 5.97 Å². The molecule has 0 saturated carbocycles. The van der Waals surface area contributed by atoms with E-state index in [1.807, 2.05) is 16.8 Å². The number of nitrogens with zero attached hydrogens (tertiary/aromatic N) is 4. The molecule has 0 fully saturated rings. The normalized spacial score (nSPS) is 10.5. The Hall–Kier alpha value is -2.59. The highest BCUT2D eigenvalue weighted by atomic mass is 32.1. The summed E-state index contributed by atoms with van der Waals surface area (Å²) in [6, 6.07) is 1.94. The maximum atomic E-state index is 12.0. The van der Waals surface area contributed by atoms with Gasteiger partial charge in [-0.3, -0.25) is 0 Å². The number of anilines is 2. The van der Waals surface area contributed by atoms with E-state index < -0.39 is 5.97 Å². The average molecular weight is 334 g/mol. The SMILES string of the molecule is Nc1nc(N)nc(COC(=O)c2csc(-c3ccsc3)n2)n1. The Morgan fingerprint density at radius 3 is 2.59 bits per heavy atom. The minimum atomic E-state index is -0.560. The molecule has 112 valence electrons. The number of thiazole rings is 1. The van der Waals surface area contributed by atoms with Crippen molar-refractivity contribution >= 4 is 40.5 Å². The summed E-state index contributed by atoms with van der Waals surface area (Å²) in [4.78, 5) is 27.5. The molecule has 0 aliphatic carbocycles. The standard InChI is InChI=1S/C12H10N6O2S2/c13-11-16-8(17-12(14)18-11)3-20-10(19)7-5-22-9(15-7)6-1-2-21-4-6/h1-2,4-5H,3H2,(H4,13,14,16,17,18). The summed E-state index contributed by atoms with van der Waals surface area (Å²) in [6.45, 7) is -0.152. The van der Waals surface area contributed by atoms with Gasteiger partial charge in [0.1, 0.15) is 5.01 Å². The van der Waals surface area contributed by atoms with Crippen LogP contribution in [0, 0.1) is 0 Å². The van der Waals surface area contributed by atoms with Crippen molar-refractivity contribution in [1.29, 1.82) is 0 Å². The number of nitrogen functional groups attached to an aromatic ring is 2. The van der Waals surface area contributed by atoms with Crippen LogP contribution in [-0.4, -0.2) is 25.9 Å². The fraction of sp³-hybridized carbons (Fsp3) is 0.0833. The van der Waals surface area contributed by atoms with E-state index >= 15 is 0 Å². The van der Waals surface area contributed by atoms with Crippen molar-refractivity contribution in [2.75, 3.05) is 11.5 Å². The van der Waals surface area contributed by atoms with E-state index in [9.17, 15) is 4.79 Å². The molecule has 0 aromatic carbocycles. The van der Waals surface area contributed by atoms with Crippen molar-refractivity contribution in [3.63, 3.8) is 0 Å². The second kappa shape index (κ2) is 6.03. The van der Waals surface area contributed by atoms with Gasteiger partial charge in [-0.25, -0.2) is 9.78 Å². The van der Waals surface area contributed by atoms with Crippen LogP contribution in [0.25, 0.3) is 10.6 Å². The Bertz CT molecular complexity index is 782. The number of carbonyl (C=O) groups is 1. The number of rotatable bonds is 4. The lowest BCUT2D eigenvalue weighted by Crippen LogP contribution is -2.11. The summed E-state index contributed by atoms with van der Waals surface area (Å²) < 4.78 is 5.10. The molecule has 10 heteroatoms. The summed E-state index contributed by atoms with van der Waals surface area (Å²) in [7, 11) is 0. The lowest BCUT2D eigenvalue weighted by molar-refractivity contribution is 0.0456. The highest BCUT2D eigenvalue weighted by Crippen LogP contribution is 2.25. The van der Waals surface area contributed by atoms with E-state index in [0.29, 0.717) is 0 Å². The van der Waals surface area contributed by atoms with Crippen molar-refractivity contribution in [2.45, 2.75) is 6.61 Å². The molecule has 0 radical (unpaired) electrons. The Morgan fingerprint density at radius 2 is 1.91 bits per heavy atom. The predicted octanol–water partition coefficient (Wildman–Crippen LogP) is 1.58. The molecule has 0 spiro atoms. The van der Waals surface area contributed by atoms with E-state index in [1.54, 1.807) is 16.7 Å². The maximum Gasteiger partial charge on any atom is 0.358 e. The van der Waals surface area contributed by atoms with Crippen LogP contribution in [0.4, 0.5) is 11.9 Å². The maximum absolute atomic E-state index is 12.0. The molecule has 0 saturated heterocycles. The molecule has 0 bridgehead atoms. The van der Waals surface area contributed by atoms with E-state index in [1.165, 1.54) is 11.3 Å². The van der Waals surface area contributed by atoms with Gasteiger partial charge in [-0.05, 0) is 11.4 Å². The molecule has 0 unspecified atom stereocenters. The van der Waals surface area contributed by atoms with E-state index in [2.05, 4.69) is 19.9 Å². The first kappa shape index (κ1) is 14.4. The van der Waals surface area contributed by atoms with Gasteiger partial charge in [0, 0.05) is 16.3 Å². The van der Waals surface area contributed by atoms with E-state index in [-0.39, 0.29) is 30.0 Å². The quantitative estimate of drug-likeness (QED) is 0.688. The van der Waals surface area contributed by atoms with Crippen molar-refractivity contribution in [1.82, 2.24) is 19.9 Å². The third-order valence-electron chi connectivity index (χ3n) is 2.53. The second-order valence-corrected chi connectivity index (χ2v) is 5.73. The van der Waals surface area contributed by atoms with E-state index in [4.69, 9.17) is 16.2 Å². The van der Waals surface area contributed by atoms with Gasteiger partial charge in [-0.1, -0.05) is 0 Å². The van der Waals surface area contributed by atoms with Gasteiger partial charge in [-0.15, -0.1) is 11.3 Å². The predicted molar refractivity (Wildman–Crippen MR) is 83.2 cm³/mol. The number of thiophene rings is 1. The van der Waals surface area contributed by atoms with E-state index in [0.717, 1.165) is 10.6 Å². The summed E-state index contributed by atoms with van der Waals surface area (Å²) in [5.41, 5.74) is 12.1. The summed E-state index contributed by atoms with van der Waals surface area (Å²) in [5.74, 6) is -0.416. The Labute approximate surface area is 132 Å². The Kier molecular flexibility index (Phi) is 3.94. The highest BCUT2D eigenvalue weighted by Gasteiger charge is 2.14. The smallest absolute Gasteiger partial charge is 0.358 e. The van der Waals surface area contributed by atoms with Crippen molar-refractivity contribution in [2.24, 2.45) is 0 Å². The molecule has 8 nitrogen and oxygen atoms in total. The zero-order valence-electron chi connectivity index (χ0n) is 11.1. The number of hydrogen-bond acceptors (Lipinski definition) is 10. The summed E-state index contributed by atoms with van der Waals surface area (Å²) in [6.07, 6.45) is 0. The van der Waals surface area contributed by atoms with Crippen LogP contribution in [-0.2, 0) is 11.3 Å². The fourth-order valence-electron chi connectivity index (χ4n) is 1.61. The van der Waals surface area contributed by atoms with Crippen molar-refractivity contribution in [3.05, 3.63) is 33.7 Å². The minimum absolute atomic E-state index is 0.0213. The van der Waals surface area contributed by atoms with Crippen LogP contribution in [0.15, 0.2) is 22.2 Å². The number of aromatic nitrogens is 4. The minimum Gasteiger partial charge on any atom is -0.453 e. The molecular weight excluding hydrogens is 324 g/mol. The number of ether oxygens (including phenoxy) is 1. The topological polar surface area (TPSA) is 130 Å². The molecule has 0 atom stereocenters. The highest BCUT2D eigenvalue weighted by molar-refractivity contribution is 7.14. The van der Waals surface area contributed by atoms with Crippen LogP contribution in [0.1, 0.15) is 16.3 Å². The first-order valence-corrected chi connectivity index (χ1v) is 7.85. The van der Waals surface area contributed by atoms with Crippen LogP contribution in [0.5, 0.6) is 0 Å². The van der Waals surface area contributed by atoms with Gasteiger partial charge in [0.15, 0.2) is 18.1 Å². The number of esters is 1. The van der Waals surface area contributed by atoms with Crippen LogP contribution in [0.3, 0.4) is 0 Å². The first-order valence-electron chi connectivity index (χ1n) is 6.03. The summed E-state index contributed by atoms with van der Waals surface area (Å²) >= 11 is 2.94. The largest absolute Gasteiger partial charge is 0.453 e. The Morgan fingerprint density at radius 1 is 1.14 bits per heavy atom. The molecule has 3 aromatic heterocycles. The third kappa shape index (κ3) is 3.18. The third-order valence-corrected chi connectivity index (χ3v) is 4.10. The molecular formula is C12H10N6O2S2. The van der Waals surface area contributed by atoms with Crippen molar-refractivity contribution < 1.29 is 9.53 Å². The van der Waals surface area contributed by atoms with Gasteiger partial charge in [0.25, 0.3) is 0 Å². The zero-order valence-corrected chi connectivity index (χ0v) is 12.7. The molecule has 0 aliphatic rings. The van der Waals surface area contributed by atoms with Crippen LogP contribution >= 0.6 is 22.7 Å². The van der Waals surface area contributed by atoms with Crippen LogP contribution in [0.2, 0.25) is 0 Å². The molecule has 22 heavy (non-hydrogen) atoms. The zero-order chi connectivity index (χ0) is 15.5. The molecule has 0 amide bonds. The molecule has 4 N–H and O–H groups in total. The lowest BCUT2D eigenvalue weighted by atomic mass is 10.3. The first-order chi connectivity index (χ1) is 10.6. The molecule has 3 heterocycles. The monoisotopic (exact) mass is 334 g/mol. The Balaban J connectivity index is 1.67. The average Bonchev–Trinajstić information content (AvgIpc) is 3.14. The number of nitrogens with two attached hydrogens (primary N) is 2. The molecule has 0 aliphatic heterocycles. The number of hydrogen-bond donors (Lipinski definition) is 2. The van der Waals surface area contributed by atoms with Gasteiger partial charge in [0.2, 0.25) is 11.9 Å². The lowest BCUT2D eigenvalue weighted by Gasteiger charge is -2.03. The fourth-order valence-corrected chi connectivity index (χ4v) is 3.11. The molecule has 3 aromatic rings. The van der Waals surface area contributed by atoms with Gasteiger partial charge < -0.3 is 16.2 Å². The van der Waals surface area contributed by atoms with Gasteiger partial charge in [-0.2, -0.15) is 26.3 Å². The summed E-state index contributed by atoms with van der Waals surface area (Å²) in [5, 5.41) is 6.32.